The number of nitrogens with zero attached hydrogens (tertiary/aromatic N) is 1. The van der Waals surface area contributed by atoms with Gasteiger partial charge < -0.3 is 14.9 Å². The molecule has 0 atom stereocenters. The van der Waals surface area contributed by atoms with Gasteiger partial charge in [0, 0.05) is 24.3 Å². The van der Waals surface area contributed by atoms with E-state index in [0.717, 1.165) is 11.3 Å². The average Bonchev–Trinajstić information content (AvgIpc) is 2.50. The Labute approximate surface area is 128 Å². The SMILES string of the molecule is COc1ccc(CC(=O)CN=Cc2ccc(O)cc2O)cc1. The molecule has 0 fully saturated rings. The first-order chi connectivity index (χ1) is 10.6. The number of Topliss-reactive ketones (excluding diaryl/α,β-unsaturated/α-hetero) is 1. The highest BCUT2D eigenvalue weighted by molar-refractivity contribution is 5.88. The molecule has 0 aliphatic carbocycles. The van der Waals surface area contributed by atoms with Crippen LogP contribution in [-0.2, 0) is 11.2 Å². The van der Waals surface area contributed by atoms with Crippen molar-refractivity contribution in [1.29, 1.82) is 0 Å². The van der Waals surface area contributed by atoms with E-state index in [1.54, 1.807) is 19.2 Å². The minimum Gasteiger partial charge on any atom is -0.508 e. The number of benzene rings is 2. The molecule has 0 aromatic heterocycles. The van der Waals surface area contributed by atoms with Crippen molar-refractivity contribution in [2.45, 2.75) is 6.42 Å². The molecule has 0 spiro atoms. The fraction of sp³-hybridized carbons (Fsp3) is 0.176. The third-order valence-electron chi connectivity index (χ3n) is 3.07. The van der Waals surface area contributed by atoms with E-state index in [4.69, 9.17) is 4.74 Å². The Kier molecular flexibility index (Phi) is 5.14. The van der Waals surface area contributed by atoms with E-state index in [-0.39, 0.29) is 23.8 Å². The fourth-order valence-electron chi connectivity index (χ4n) is 1.91. The first-order valence-corrected chi connectivity index (χ1v) is 6.75. The zero-order valence-electron chi connectivity index (χ0n) is 12.2. The monoisotopic (exact) mass is 299 g/mol. The number of ether oxygens (including phenoxy) is 1. The molecule has 2 aromatic carbocycles. The standard InChI is InChI=1S/C17H17NO4/c1-22-16-6-2-12(3-7-16)8-15(20)11-18-10-13-4-5-14(19)9-17(13)21/h2-7,9-10,19,21H,8,11H2,1H3. The van der Waals surface area contributed by atoms with E-state index in [0.29, 0.717) is 12.0 Å². The highest BCUT2D eigenvalue weighted by atomic mass is 16.5. The molecule has 2 N–H and O–H groups in total. The second-order valence-corrected chi connectivity index (χ2v) is 4.78. The Morgan fingerprint density at radius 1 is 1.18 bits per heavy atom. The molecule has 0 aliphatic rings. The molecule has 5 nitrogen and oxygen atoms in total. The van der Waals surface area contributed by atoms with E-state index in [9.17, 15) is 15.0 Å². The highest BCUT2D eigenvalue weighted by Crippen LogP contribution is 2.20. The van der Waals surface area contributed by atoms with Gasteiger partial charge in [-0.2, -0.15) is 0 Å². The van der Waals surface area contributed by atoms with Crippen LogP contribution < -0.4 is 4.74 Å². The predicted octanol–water partition coefficient (Wildman–Crippen LogP) is 2.34. The van der Waals surface area contributed by atoms with Gasteiger partial charge in [-0.1, -0.05) is 12.1 Å². The maximum absolute atomic E-state index is 11.8. The van der Waals surface area contributed by atoms with Crippen LogP contribution in [0.15, 0.2) is 47.5 Å². The second kappa shape index (κ2) is 7.26. The van der Waals surface area contributed by atoms with Crippen LogP contribution in [0.1, 0.15) is 11.1 Å². The Bertz CT molecular complexity index is 678. The van der Waals surface area contributed by atoms with Crippen LogP contribution in [0.3, 0.4) is 0 Å². The number of methoxy groups -OCH3 is 1. The maximum atomic E-state index is 11.8. The summed E-state index contributed by atoms with van der Waals surface area (Å²) in [5.74, 6) is 0.619. The smallest absolute Gasteiger partial charge is 0.158 e. The van der Waals surface area contributed by atoms with Crippen LogP contribution in [0.5, 0.6) is 17.2 Å². The number of hydrogen-bond acceptors (Lipinski definition) is 5. The summed E-state index contributed by atoms with van der Waals surface area (Å²) in [6, 6.07) is 11.5. The van der Waals surface area contributed by atoms with Crippen molar-refractivity contribution in [3.8, 4) is 17.2 Å². The lowest BCUT2D eigenvalue weighted by atomic mass is 10.1. The molecule has 0 saturated carbocycles. The number of phenols is 2. The van der Waals surface area contributed by atoms with Gasteiger partial charge in [0.05, 0.1) is 13.7 Å². The Morgan fingerprint density at radius 3 is 2.55 bits per heavy atom. The van der Waals surface area contributed by atoms with Gasteiger partial charge in [0.2, 0.25) is 0 Å². The van der Waals surface area contributed by atoms with E-state index in [1.807, 2.05) is 12.1 Å². The van der Waals surface area contributed by atoms with Gasteiger partial charge in [0.1, 0.15) is 17.2 Å². The summed E-state index contributed by atoms with van der Waals surface area (Å²) in [5, 5.41) is 18.8. The van der Waals surface area contributed by atoms with Crippen molar-refractivity contribution in [3.63, 3.8) is 0 Å². The van der Waals surface area contributed by atoms with E-state index < -0.39 is 0 Å². The zero-order valence-corrected chi connectivity index (χ0v) is 12.2. The largest absolute Gasteiger partial charge is 0.508 e. The van der Waals surface area contributed by atoms with E-state index >= 15 is 0 Å². The van der Waals surface area contributed by atoms with Gasteiger partial charge in [0.15, 0.2) is 5.78 Å². The van der Waals surface area contributed by atoms with Crippen molar-refractivity contribution in [3.05, 3.63) is 53.6 Å². The van der Waals surface area contributed by atoms with Gasteiger partial charge in [-0.05, 0) is 29.8 Å². The van der Waals surface area contributed by atoms with E-state index in [2.05, 4.69) is 4.99 Å². The first kappa shape index (κ1) is 15.6. The molecule has 0 unspecified atom stereocenters. The van der Waals surface area contributed by atoms with Crippen molar-refractivity contribution in [2.75, 3.05) is 13.7 Å². The molecule has 2 rings (SSSR count). The zero-order chi connectivity index (χ0) is 15.9. The van der Waals surface area contributed by atoms with Gasteiger partial charge >= 0.3 is 0 Å². The summed E-state index contributed by atoms with van der Waals surface area (Å²) in [6.07, 6.45) is 1.71. The Morgan fingerprint density at radius 2 is 1.91 bits per heavy atom. The molecule has 2 aromatic rings. The molecule has 0 amide bonds. The van der Waals surface area contributed by atoms with Crippen LogP contribution in [0, 0.1) is 0 Å². The van der Waals surface area contributed by atoms with Crippen molar-refractivity contribution >= 4 is 12.0 Å². The molecule has 114 valence electrons. The predicted molar refractivity (Wildman–Crippen MR) is 83.9 cm³/mol. The number of rotatable bonds is 6. The van der Waals surface area contributed by atoms with Gasteiger partial charge in [-0.25, -0.2) is 0 Å². The van der Waals surface area contributed by atoms with Gasteiger partial charge in [0.25, 0.3) is 0 Å². The van der Waals surface area contributed by atoms with E-state index in [1.165, 1.54) is 24.4 Å². The number of aliphatic imine (C=N–C) groups is 1. The number of ketones is 1. The molecule has 0 radical (unpaired) electrons. The molecular weight excluding hydrogens is 282 g/mol. The summed E-state index contributed by atoms with van der Waals surface area (Å²) in [4.78, 5) is 15.9. The van der Waals surface area contributed by atoms with Crippen LogP contribution in [0.2, 0.25) is 0 Å². The van der Waals surface area contributed by atoms with Gasteiger partial charge in [-0.3, -0.25) is 9.79 Å². The van der Waals surface area contributed by atoms with Crippen molar-refractivity contribution in [2.24, 2.45) is 4.99 Å². The lowest BCUT2D eigenvalue weighted by Crippen LogP contribution is -2.06. The first-order valence-electron chi connectivity index (χ1n) is 6.75. The summed E-state index contributed by atoms with van der Waals surface area (Å²) >= 11 is 0. The minimum absolute atomic E-state index is 0.0229. The van der Waals surface area contributed by atoms with Crippen LogP contribution in [-0.4, -0.2) is 35.9 Å². The number of carbonyl (C=O) groups is 1. The maximum Gasteiger partial charge on any atom is 0.158 e. The van der Waals surface area contributed by atoms with Crippen LogP contribution in [0.4, 0.5) is 0 Å². The third-order valence-corrected chi connectivity index (χ3v) is 3.07. The summed E-state index contributed by atoms with van der Waals surface area (Å²) in [5.41, 5.74) is 1.35. The molecule has 22 heavy (non-hydrogen) atoms. The molecule has 0 bridgehead atoms. The molecule has 0 aliphatic heterocycles. The lowest BCUT2D eigenvalue weighted by molar-refractivity contribution is -0.117. The number of hydrogen-bond donors (Lipinski definition) is 2. The molecular formula is C17H17NO4. The third kappa shape index (κ3) is 4.34. The summed E-state index contributed by atoms with van der Waals surface area (Å²) < 4.78 is 5.06. The summed E-state index contributed by atoms with van der Waals surface area (Å²) in [6.45, 7) is 0.0341. The van der Waals surface area contributed by atoms with Gasteiger partial charge in [-0.15, -0.1) is 0 Å². The lowest BCUT2D eigenvalue weighted by Gasteiger charge is -2.02. The minimum atomic E-state index is -0.0775. The summed E-state index contributed by atoms with van der Waals surface area (Å²) in [7, 11) is 1.59. The molecule has 0 heterocycles. The normalized spacial score (nSPS) is 10.8. The van der Waals surface area contributed by atoms with Crippen LogP contribution >= 0.6 is 0 Å². The van der Waals surface area contributed by atoms with Crippen molar-refractivity contribution in [1.82, 2.24) is 0 Å². The quantitative estimate of drug-likeness (QED) is 0.802. The fourth-order valence-corrected chi connectivity index (χ4v) is 1.91. The molecule has 0 saturated heterocycles. The van der Waals surface area contributed by atoms with Crippen LogP contribution in [0.25, 0.3) is 0 Å². The number of aromatic hydroxyl groups is 2. The number of phenolic OH excluding ortho intramolecular Hbond substituents is 2. The topological polar surface area (TPSA) is 79.1 Å². The van der Waals surface area contributed by atoms with Crippen molar-refractivity contribution < 1.29 is 19.7 Å². The Hall–Kier alpha value is -2.82. The average molecular weight is 299 g/mol. The second-order valence-electron chi connectivity index (χ2n) is 4.78. The molecule has 5 heteroatoms. The number of carbonyl (C=O) groups excluding carboxylic acids is 1. The Balaban J connectivity index is 1.90. The highest BCUT2D eigenvalue weighted by Gasteiger charge is 2.04.